The van der Waals surface area contributed by atoms with Gasteiger partial charge in [-0.05, 0) is 110 Å². The van der Waals surface area contributed by atoms with Gasteiger partial charge in [-0.15, -0.1) is 0 Å². The number of carboxylic acids is 2. The van der Waals surface area contributed by atoms with E-state index in [4.69, 9.17) is 28.4 Å². The van der Waals surface area contributed by atoms with Crippen LogP contribution >= 0.6 is 0 Å². The van der Waals surface area contributed by atoms with Crippen molar-refractivity contribution in [3.8, 4) is 0 Å². The van der Waals surface area contributed by atoms with Gasteiger partial charge in [-0.1, -0.05) is 47.1 Å². The van der Waals surface area contributed by atoms with Gasteiger partial charge in [-0.2, -0.15) is 0 Å². The normalized spacial score (nSPS) is 52.8. The Morgan fingerprint density at radius 1 is 0.652 bits per heavy atom. The van der Waals surface area contributed by atoms with Crippen molar-refractivity contribution in [3.05, 3.63) is 11.6 Å². The Morgan fingerprint density at radius 2 is 1.23 bits per heavy atom. The second-order valence-electron chi connectivity index (χ2n) is 23.4. The van der Waals surface area contributed by atoms with Crippen LogP contribution in [-0.4, -0.2) is 185 Å². The summed E-state index contributed by atoms with van der Waals surface area (Å²) in [7, 11) is 0. The summed E-state index contributed by atoms with van der Waals surface area (Å²) in [6.07, 6.45) is -21.6. The third-order valence-electron chi connectivity index (χ3n) is 19.3. The van der Waals surface area contributed by atoms with Crippen LogP contribution in [0, 0.1) is 50.2 Å². The van der Waals surface area contributed by atoms with E-state index >= 15 is 4.79 Å². The second kappa shape index (κ2) is 18.0. The van der Waals surface area contributed by atoms with E-state index in [2.05, 4.69) is 27.7 Å². The van der Waals surface area contributed by atoms with Crippen LogP contribution in [0.5, 0.6) is 0 Å². The van der Waals surface area contributed by atoms with Gasteiger partial charge in [0, 0.05) is 5.92 Å². The van der Waals surface area contributed by atoms with Crippen molar-refractivity contribution in [1.82, 2.24) is 0 Å². The average Bonchev–Trinajstić information content (AvgIpc) is 3.27. The zero-order valence-corrected chi connectivity index (χ0v) is 40.1. The quantitative estimate of drug-likeness (QED) is 0.102. The van der Waals surface area contributed by atoms with Crippen molar-refractivity contribution in [1.29, 1.82) is 0 Å². The predicted molar refractivity (Wildman–Crippen MR) is 232 cm³/mol. The van der Waals surface area contributed by atoms with Crippen molar-refractivity contribution in [2.75, 3.05) is 6.61 Å². The minimum absolute atomic E-state index is 0.0173. The lowest BCUT2D eigenvalue weighted by Gasteiger charge is -2.70. The molecule has 0 radical (unpaired) electrons. The van der Waals surface area contributed by atoms with E-state index in [0.717, 1.165) is 18.4 Å². The molecule has 0 unspecified atom stereocenters. The Labute approximate surface area is 399 Å². The van der Waals surface area contributed by atoms with Crippen LogP contribution in [0.4, 0.5) is 0 Å². The molecule has 0 amide bonds. The number of ether oxygens (including phenoxy) is 6. The molecule has 8 aliphatic rings. The summed E-state index contributed by atoms with van der Waals surface area (Å²) in [4.78, 5) is 53.4. The number of esters is 1. The Kier molecular flexibility index (Phi) is 13.7. The molecule has 5 aliphatic carbocycles. The lowest BCUT2D eigenvalue weighted by Crippen LogP contribution is -2.68. The molecule has 8 rings (SSSR count). The predicted octanol–water partition coefficient (Wildman–Crippen LogP) is -0.496. The lowest BCUT2D eigenvalue weighted by atomic mass is 9.33. The molecular weight excluding hydrogens is 913 g/mol. The first-order valence-electron chi connectivity index (χ1n) is 24.3. The van der Waals surface area contributed by atoms with Gasteiger partial charge in [0.1, 0.15) is 61.0 Å². The summed E-state index contributed by atoms with van der Waals surface area (Å²) in [6, 6.07) is 0. The highest BCUT2D eigenvalue weighted by molar-refractivity contribution is 5.95. The lowest BCUT2D eigenvalue weighted by molar-refractivity contribution is -0.371. The van der Waals surface area contributed by atoms with Crippen LogP contribution in [-0.2, 0) is 47.6 Å². The summed E-state index contributed by atoms with van der Waals surface area (Å²) in [5, 5.41) is 114. The van der Waals surface area contributed by atoms with E-state index in [1.807, 2.05) is 19.9 Å². The number of hydrogen-bond donors (Lipinski definition) is 11. The maximum Gasteiger partial charge on any atom is 0.335 e. The van der Waals surface area contributed by atoms with Crippen LogP contribution < -0.4 is 0 Å². The van der Waals surface area contributed by atoms with Gasteiger partial charge in [0.25, 0.3) is 0 Å². The minimum atomic E-state index is -2.08. The fraction of sp³-hybridized carbons (Fsp3) is 0.875. The summed E-state index contributed by atoms with van der Waals surface area (Å²) in [5.74, 6) is -4.80. The molecule has 7 fully saturated rings. The fourth-order valence-electron chi connectivity index (χ4n) is 14.8. The molecule has 69 heavy (non-hydrogen) atoms. The second-order valence-corrected chi connectivity index (χ2v) is 23.4. The van der Waals surface area contributed by atoms with Crippen molar-refractivity contribution in [2.45, 2.75) is 204 Å². The Balaban J connectivity index is 1.04. The van der Waals surface area contributed by atoms with Gasteiger partial charge in [-0.3, -0.25) is 9.59 Å². The van der Waals surface area contributed by atoms with Gasteiger partial charge < -0.3 is 84.6 Å². The molecule has 0 spiro atoms. The van der Waals surface area contributed by atoms with E-state index in [-0.39, 0.29) is 23.0 Å². The molecule has 24 atom stereocenters. The van der Waals surface area contributed by atoms with Crippen LogP contribution in [0.1, 0.15) is 106 Å². The van der Waals surface area contributed by atoms with E-state index in [9.17, 15) is 70.6 Å². The third-order valence-corrected chi connectivity index (χ3v) is 19.3. The molecule has 3 heterocycles. The van der Waals surface area contributed by atoms with Gasteiger partial charge in [0.15, 0.2) is 30.6 Å². The fourth-order valence-corrected chi connectivity index (χ4v) is 14.8. The number of aliphatic hydroxyl groups excluding tert-OH is 9. The Bertz CT molecular complexity index is 2050. The molecule has 0 aromatic rings. The first-order valence-corrected chi connectivity index (χ1v) is 24.3. The largest absolute Gasteiger partial charge is 0.479 e. The van der Waals surface area contributed by atoms with Crippen LogP contribution in [0.3, 0.4) is 0 Å². The van der Waals surface area contributed by atoms with Gasteiger partial charge in [0.2, 0.25) is 6.29 Å². The number of fused-ring (bicyclic) bond motifs is 7. The minimum Gasteiger partial charge on any atom is -0.479 e. The molecule has 21 heteroatoms. The number of aliphatic hydroxyl groups is 9. The molecular formula is C48H72O21. The maximum absolute atomic E-state index is 15.2. The van der Waals surface area contributed by atoms with E-state index in [1.165, 1.54) is 0 Å². The summed E-state index contributed by atoms with van der Waals surface area (Å²) in [6.45, 7) is 13.9. The monoisotopic (exact) mass is 984 g/mol. The number of rotatable bonds is 9. The summed E-state index contributed by atoms with van der Waals surface area (Å²) in [5.41, 5.74) is -2.69. The highest BCUT2D eigenvalue weighted by Crippen LogP contribution is 2.75. The molecule has 21 nitrogen and oxygen atoms in total. The summed E-state index contributed by atoms with van der Waals surface area (Å²) < 4.78 is 34.7. The molecule has 0 bridgehead atoms. The number of allylic oxidation sites excluding steroid dienone is 2. The number of hydrogen-bond acceptors (Lipinski definition) is 19. The number of ketones is 1. The van der Waals surface area contributed by atoms with Crippen LogP contribution in [0.2, 0.25) is 0 Å². The van der Waals surface area contributed by atoms with Crippen LogP contribution in [0.25, 0.3) is 0 Å². The van der Waals surface area contributed by atoms with Crippen molar-refractivity contribution in [2.24, 2.45) is 50.2 Å². The molecule has 0 aromatic heterocycles. The van der Waals surface area contributed by atoms with Crippen molar-refractivity contribution >= 4 is 23.7 Å². The topological polar surface area (TPSA) is 346 Å². The van der Waals surface area contributed by atoms with Crippen molar-refractivity contribution < 1.29 is 104 Å². The van der Waals surface area contributed by atoms with Gasteiger partial charge in [0.05, 0.1) is 18.1 Å². The first kappa shape index (κ1) is 52.6. The Morgan fingerprint density at radius 3 is 1.86 bits per heavy atom. The van der Waals surface area contributed by atoms with Gasteiger partial charge >= 0.3 is 17.9 Å². The van der Waals surface area contributed by atoms with Crippen LogP contribution in [0.15, 0.2) is 11.6 Å². The van der Waals surface area contributed by atoms with E-state index < -0.39 is 156 Å². The van der Waals surface area contributed by atoms with E-state index in [0.29, 0.717) is 44.9 Å². The van der Waals surface area contributed by atoms with E-state index in [1.54, 1.807) is 6.92 Å². The highest BCUT2D eigenvalue weighted by Gasteiger charge is 2.71. The molecule has 390 valence electrons. The number of carbonyl (C=O) groups is 4. The smallest absolute Gasteiger partial charge is 0.335 e. The zero-order chi connectivity index (χ0) is 50.9. The maximum atomic E-state index is 15.2. The standard InChI is InChI=1S/C48H72O21/c1-43(2)23-8-11-48(7)36(21(50)16-19-20-17-45(4,13-12-44(20,3)14-15-47(19,48)6)42(63)69-39-31(57)26(52)25(51)22(18-49)64-39)46(23,5)10-9-24(43)65-41-35(30(56)29(55)34(67-41)38(61)62)68-40-32(58)27(53)28(54)33(66-40)37(59)60/h16,20,22-36,39-41,49,51-58H,8-15,17-18H2,1-7H3,(H,59,60)(H,61,62)/t20-,22+,23-,24+,25+,26-,27-,28-,29-,30-,31+,32+,33-,34-,35+,36+,39-,40-,41+,44+,45+,46-,47+,48+/m0/s1. The highest BCUT2D eigenvalue weighted by atomic mass is 16.8. The number of aliphatic carboxylic acids is 2. The zero-order valence-electron chi connectivity index (χ0n) is 40.1. The molecule has 0 aromatic carbocycles. The average molecular weight is 985 g/mol. The molecule has 11 N–H and O–H groups in total. The van der Waals surface area contributed by atoms with Gasteiger partial charge in [-0.25, -0.2) is 9.59 Å². The number of carboxylic acid groups (broad SMARTS) is 2. The third kappa shape index (κ3) is 8.13. The van der Waals surface area contributed by atoms with Crippen molar-refractivity contribution in [3.63, 3.8) is 0 Å². The first-order chi connectivity index (χ1) is 32.0. The number of carbonyl (C=O) groups excluding carboxylic acids is 2. The Hall–Kier alpha value is -2.74. The molecule has 3 aliphatic heterocycles. The molecule has 4 saturated carbocycles. The SMILES string of the molecule is CC1(C)[C@H](O[C@@H]2O[C@H](C(=O)O)[C@@H](O)[C@H](O)[C@H]2O[C@@H]2O[C@H](C(=O)O)[C@@H](O)[C@H](O)[C@H]2O)CC[C@]2(C)[C@H]3C(=O)C=C4[C@@H]5C[C@](C)(C(=O)O[C@@H]6O[C@H](CO)[C@@H](O)[C@H](O)[C@H]6O)CC[C@]5(C)CC[C@@]4(C)[C@]3(C)CC[C@@H]12. The molecule has 3 saturated heterocycles. The summed E-state index contributed by atoms with van der Waals surface area (Å²) >= 11 is 0.